The quantitative estimate of drug-likeness (QED) is 0.283. The van der Waals surface area contributed by atoms with E-state index in [0.29, 0.717) is 11.6 Å². The second-order valence-electron chi connectivity index (χ2n) is 10.9. The minimum atomic E-state index is 0.0479. The molecule has 3 aliphatic rings. The van der Waals surface area contributed by atoms with Crippen LogP contribution in [-0.4, -0.2) is 39.3 Å². The van der Waals surface area contributed by atoms with Crippen LogP contribution in [0.3, 0.4) is 0 Å². The van der Waals surface area contributed by atoms with E-state index in [1.807, 2.05) is 66.2 Å². The van der Waals surface area contributed by atoms with Crippen LogP contribution in [0.2, 0.25) is 5.02 Å². The van der Waals surface area contributed by atoms with E-state index in [1.54, 1.807) is 0 Å². The molecule has 7 rings (SSSR count). The standard InChI is InChI=1S/C32H30ClN7S/c1-21-29-24(38-20-40(21)19-22-6-3-2-4-7-22)9-10-26(30(29)33)41-28-18-36-27(17-37-28)39-14-11-32(12-15-39)16-25-23(31(32)34)8-5-13-35-25/h2-10,13,17-18,20,31H,1,11-12,14-16,19,34H2. The summed E-state index contributed by atoms with van der Waals surface area (Å²) in [4.78, 5) is 24.0. The van der Waals surface area contributed by atoms with Crippen molar-refractivity contribution < 1.29 is 0 Å². The maximum atomic E-state index is 6.94. The number of hydrogen-bond acceptors (Lipinski definition) is 8. The molecule has 9 heteroatoms. The van der Waals surface area contributed by atoms with Gasteiger partial charge in [-0.2, -0.15) is 0 Å². The number of hydrogen-bond donors (Lipinski definition) is 1. The second-order valence-corrected chi connectivity index (χ2v) is 12.4. The lowest BCUT2D eigenvalue weighted by molar-refractivity contribution is 0.186. The maximum absolute atomic E-state index is 6.94. The van der Waals surface area contributed by atoms with Crippen LogP contribution >= 0.6 is 23.4 Å². The van der Waals surface area contributed by atoms with E-state index >= 15 is 0 Å². The van der Waals surface area contributed by atoms with Gasteiger partial charge in [-0.3, -0.25) is 4.98 Å². The number of anilines is 1. The van der Waals surface area contributed by atoms with Crippen molar-refractivity contribution in [2.75, 3.05) is 18.0 Å². The van der Waals surface area contributed by atoms with Gasteiger partial charge in [0.05, 0.1) is 29.4 Å². The van der Waals surface area contributed by atoms with Crippen molar-refractivity contribution in [2.24, 2.45) is 16.1 Å². The number of aromatic nitrogens is 3. The molecule has 1 fully saturated rings. The Morgan fingerprint density at radius 2 is 1.83 bits per heavy atom. The van der Waals surface area contributed by atoms with Crippen molar-refractivity contribution in [2.45, 2.75) is 41.8 Å². The summed E-state index contributed by atoms with van der Waals surface area (Å²) in [6.45, 7) is 6.83. The number of rotatable bonds is 5. The number of nitrogens with zero attached hydrogens (tertiary/aromatic N) is 6. The van der Waals surface area contributed by atoms with Crippen LogP contribution in [0, 0.1) is 5.41 Å². The fourth-order valence-corrected chi connectivity index (χ4v) is 7.38. The van der Waals surface area contributed by atoms with Gasteiger partial charge in [0.2, 0.25) is 0 Å². The number of benzene rings is 2. The lowest BCUT2D eigenvalue weighted by Crippen LogP contribution is -2.44. The Labute approximate surface area is 249 Å². The molecule has 0 saturated carbocycles. The third kappa shape index (κ3) is 4.80. The van der Waals surface area contributed by atoms with Gasteiger partial charge in [-0.05, 0) is 54.0 Å². The molecule has 206 valence electrons. The van der Waals surface area contributed by atoms with Gasteiger partial charge in [-0.15, -0.1) is 0 Å². The van der Waals surface area contributed by atoms with E-state index in [2.05, 4.69) is 39.7 Å². The van der Waals surface area contributed by atoms with Gasteiger partial charge < -0.3 is 15.5 Å². The molecule has 1 aliphatic carbocycles. The van der Waals surface area contributed by atoms with E-state index in [4.69, 9.17) is 27.3 Å². The Bertz CT molecular complexity index is 1630. The first-order chi connectivity index (χ1) is 20.0. The summed E-state index contributed by atoms with van der Waals surface area (Å²) in [5.41, 5.74) is 12.9. The Kier molecular flexibility index (Phi) is 6.77. The first-order valence-electron chi connectivity index (χ1n) is 13.8. The van der Waals surface area contributed by atoms with Crippen molar-refractivity contribution in [1.29, 1.82) is 0 Å². The van der Waals surface area contributed by atoms with Crippen LogP contribution in [0.25, 0.3) is 5.70 Å². The summed E-state index contributed by atoms with van der Waals surface area (Å²) in [6, 6.07) is 18.4. The summed E-state index contributed by atoms with van der Waals surface area (Å²) in [6.07, 6.45) is 10.4. The van der Waals surface area contributed by atoms with Crippen LogP contribution in [0.5, 0.6) is 0 Å². The lowest BCUT2D eigenvalue weighted by atomic mass is 9.73. The monoisotopic (exact) mass is 579 g/mol. The number of halogens is 1. The zero-order valence-electron chi connectivity index (χ0n) is 22.6. The molecule has 41 heavy (non-hydrogen) atoms. The van der Waals surface area contributed by atoms with Gasteiger partial charge in [0, 0.05) is 53.7 Å². The first-order valence-corrected chi connectivity index (χ1v) is 15.0. The Hall–Kier alpha value is -3.72. The summed E-state index contributed by atoms with van der Waals surface area (Å²) in [7, 11) is 0. The average Bonchev–Trinajstić information content (AvgIpc) is 3.28. The summed E-state index contributed by atoms with van der Waals surface area (Å²) in [5, 5.41) is 1.41. The molecule has 1 atom stereocenters. The highest BCUT2D eigenvalue weighted by atomic mass is 35.5. The third-order valence-corrected chi connectivity index (χ3v) is 10.1. The molecular weight excluding hydrogens is 550 g/mol. The van der Waals surface area contributed by atoms with Gasteiger partial charge >= 0.3 is 0 Å². The predicted molar refractivity (Wildman–Crippen MR) is 166 cm³/mol. The molecule has 1 spiro atoms. The summed E-state index contributed by atoms with van der Waals surface area (Å²) in [5.74, 6) is 0.891. The van der Waals surface area contributed by atoms with Crippen LogP contribution in [0.15, 0.2) is 94.7 Å². The number of pyridine rings is 1. The molecule has 7 nitrogen and oxygen atoms in total. The molecule has 2 aromatic heterocycles. The minimum Gasteiger partial charge on any atom is -0.355 e. The van der Waals surface area contributed by atoms with Gasteiger partial charge in [0.1, 0.15) is 10.8 Å². The van der Waals surface area contributed by atoms with Crippen LogP contribution in [0.1, 0.15) is 41.3 Å². The fraction of sp³-hybridized carbons (Fsp3) is 0.250. The summed E-state index contributed by atoms with van der Waals surface area (Å²) < 4.78 is 0. The lowest BCUT2D eigenvalue weighted by Gasteiger charge is -2.42. The van der Waals surface area contributed by atoms with E-state index in [9.17, 15) is 0 Å². The Balaban J connectivity index is 1.02. The predicted octanol–water partition coefficient (Wildman–Crippen LogP) is 6.67. The Morgan fingerprint density at radius 1 is 1.00 bits per heavy atom. The van der Waals surface area contributed by atoms with E-state index in [-0.39, 0.29) is 11.5 Å². The number of fused-ring (bicyclic) bond motifs is 2. The molecule has 1 saturated heterocycles. The molecule has 2 N–H and O–H groups in total. The third-order valence-electron chi connectivity index (χ3n) is 8.60. The fourth-order valence-electron chi connectivity index (χ4n) is 6.23. The molecule has 4 aromatic rings. The van der Waals surface area contributed by atoms with Crippen LogP contribution < -0.4 is 10.6 Å². The number of nitrogens with two attached hydrogens (primary N) is 1. The van der Waals surface area contributed by atoms with Crippen molar-refractivity contribution in [3.05, 3.63) is 107 Å². The van der Waals surface area contributed by atoms with Crippen LogP contribution in [-0.2, 0) is 13.0 Å². The van der Waals surface area contributed by atoms with Gasteiger partial charge in [0.25, 0.3) is 0 Å². The average molecular weight is 580 g/mol. The van der Waals surface area contributed by atoms with Gasteiger partial charge in [-0.1, -0.05) is 66.3 Å². The van der Waals surface area contributed by atoms with E-state index in [0.717, 1.165) is 70.7 Å². The van der Waals surface area contributed by atoms with Crippen LogP contribution in [0.4, 0.5) is 11.5 Å². The number of piperidine rings is 1. The van der Waals surface area contributed by atoms with Crippen molar-refractivity contribution in [3.63, 3.8) is 0 Å². The molecule has 2 aromatic carbocycles. The topological polar surface area (TPSA) is 83.5 Å². The molecule has 0 bridgehead atoms. The highest BCUT2D eigenvalue weighted by molar-refractivity contribution is 7.99. The summed E-state index contributed by atoms with van der Waals surface area (Å²) >= 11 is 8.44. The maximum Gasteiger partial charge on any atom is 0.147 e. The van der Waals surface area contributed by atoms with E-state index in [1.165, 1.54) is 22.9 Å². The Morgan fingerprint density at radius 3 is 2.59 bits per heavy atom. The normalized spacial score (nSPS) is 19.0. The first kappa shape index (κ1) is 26.2. The molecule has 2 aliphatic heterocycles. The molecule has 0 amide bonds. The molecule has 4 heterocycles. The van der Waals surface area contributed by atoms with Crippen molar-refractivity contribution in [1.82, 2.24) is 19.9 Å². The zero-order valence-corrected chi connectivity index (χ0v) is 24.2. The largest absolute Gasteiger partial charge is 0.355 e. The highest BCUT2D eigenvalue weighted by Gasteiger charge is 2.46. The molecular formula is C32H30ClN7S. The molecule has 1 unspecified atom stereocenters. The van der Waals surface area contributed by atoms with Gasteiger partial charge in [0.15, 0.2) is 0 Å². The minimum absolute atomic E-state index is 0.0479. The SMILES string of the molecule is C=C1c2c(ccc(Sc3cnc(N4CCC5(CC4)Cc4ncccc4C5N)cn3)c2Cl)N=CN1Cc1ccccc1. The van der Waals surface area contributed by atoms with Crippen molar-refractivity contribution in [3.8, 4) is 0 Å². The molecule has 0 radical (unpaired) electrons. The second kappa shape index (κ2) is 10.6. The van der Waals surface area contributed by atoms with Gasteiger partial charge in [-0.25, -0.2) is 15.0 Å². The van der Waals surface area contributed by atoms with E-state index < -0.39 is 0 Å². The number of aliphatic imine (C=N–C) groups is 1. The van der Waals surface area contributed by atoms with Crippen molar-refractivity contribution >= 4 is 46.9 Å². The zero-order chi connectivity index (χ0) is 28.0. The smallest absolute Gasteiger partial charge is 0.147 e. The highest BCUT2D eigenvalue weighted by Crippen LogP contribution is 2.50.